The van der Waals surface area contributed by atoms with Crippen LogP contribution in [0.1, 0.15) is 22.4 Å². The van der Waals surface area contributed by atoms with E-state index in [-0.39, 0.29) is 5.95 Å². The van der Waals surface area contributed by atoms with Crippen molar-refractivity contribution in [3.8, 4) is 5.75 Å². The van der Waals surface area contributed by atoms with Gasteiger partial charge in [0.15, 0.2) is 0 Å². The number of nitrogens with two attached hydrogens (primary N) is 1. The molecule has 7 heteroatoms. The van der Waals surface area contributed by atoms with Gasteiger partial charge in [-0.15, -0.1) is 0 Å². The van der Waals surface area contributed by atoms with E-state index in [1.165, 1.54) is 0 Å². The molecule has 2 aromatic rings. The average Bonchev–Trinajstić information content (AvgIpc) is 2.86. The first-order valence-electron chi connectivity index (χ1n) is 7.07. The fourth-order valence-electron chi connectivity index (χ4n) is 2.86. The number of methoxy groups -OCH3 is 1. The number of ether oxygens (including phenoxy) is 1. The van der Waals surface area contributed by atoms with Gasteiger partial charge in [0, 0.05) is 29.4 Å². The van der Waals surface area contributed by atoms with Crippen LogP contribution in [0.2, 0.25) is 0 Å². The Labute approximate surface area is 137 Å². The van der Waals surface area contributed by atoms with Gasteiger partial charge in [-0.2, -0.15) is 4.98 Å². The molecule has 0 aromatic carbocycles. The first-order valence-corrected chi connectivity index (χ1v) is 7.86. The fraction of sp³-hybridized carbons (Fsp3) is 0.400. The Morgan fingerprint density at radius 1 is 1.36 bits per heavy atom. The quantitative estimate of drug-likeness (QED) is 0.843. The van der Waals surface area contributed by atoms with Crippen molar-refractivity contribution in [3.05, 3.63) is 33.2 Å². The molecule has 0 fully saturated rings. The highest BCUT2D eigenvalue weighted by atomic mass is 79.9. The molecule has 0 saturated heterocycles. The van der Waals surface area contributed by atoms with Crippen molar-refractivity contribution >= 4 is 27.7 Å². The number of aryl methyl sites for hydroxylation is 1. The van der Waals surface area contributed by atoms with E-state index in [1.807, 2.05) is 20.0 Å². The van der Waals surface area contributed by atoms with Crippen molar-refractivity contribution in [1.82, 2.24) is 15.0 Å². The number of nitrogen functional groups attached to an aromatic ring is 1. The Balaban J connectivity index is 1.94. The second-order valence-electron chi connectivity index (χ2n) is 5.39. The van der Waals surface area contributed by atoms with Gasteiger partial charge in [-0.25, -0.2) is 4.98 Å². The standard InChI is InChI=1S/C15H18BrN5O/c1-8-6-18-11(9(2)12(8)22-3)7-21-5-4-10-13(16)19-15(17)20-14(10)21/h6H,4-5,7H2,1-3H3,(H2,17,19,20). The minimum Gasteiger partial charge on any atom is -0.496 e. The molecule has 0 unspecified atom stereocenters. The number of hydrogen-bond donors (Lipinski definition) is 1. The predicted molar refractivity (Wildman–Crippen MR) is 89.2 cm³/mol. The lowest BCUT2D eigenvalue weighted by molar-refractivity contribution is 0.407. The molecule has 3 rings (SSSR count). The van der Waals surface area contributed by atoms with E-state index in [2.05, 4.69) is 35.8 Å². The summed E-state index contributed by atoms with van der Waals surface area (Å²) in [5, 5.41) is 0. The molecule has 1 aliphatic rings. The van der Waals surface area contributed by atoms with Crippen molar-refractivity contribution in [2.75, 3.05) is 24.3 Å². The van der Waals surface area contributed by atoms with Crippen LogP contribution in [-0.4, -0.2) is 28.6 Å². The van der Waals surface area contributed by atoms with Crippen molar-refractivity contribution in [2.45, 2.75) is 26.8 Å². The van der Waals surface area contributed by atoms with E-state index in [1.54, 1.807) is 7.11 Å². The molecular weight excluding hydrogens is 346 g/mol. The molecule has 0 atom stereocenters. The summed E-state index contributed by atoms with van der Waals surface area (Å²) in [4.78, 5) is 15.3. The lowest BCUT2D eigenvalue weighted by Crippen LogP contribution is -2.22. The summed E-state index contributed by atoms with van der Waals surface area (Å²) in [6.45, 7) is 5.59. The minimum atomic E-state index is 0.281. The van der Waals surface area contributed by atoms with E-state index in [0.29, 0.717) is 6.54 Å². The molecule has 116 valence electrons. The second-order valence-corrected chi connectivity index (χ2v) is 6.14. The van der Waals surface area contributed by atoms with E-state index >= 15 is 0 Å². The Bertz CT molecular complexity index is 734. The van der Waals surface area contributed by atoms with Gasteiger partial charge in [0.2, 0.25) is 5.95 Å². The van der Waals surface area contributed by atoms with Crippen LogP contribution in [0.15, 0.2) is 10.8 Å². The molecule has 6 nitrogen and oxygen atoms in total. The summed E-state index contributed by atoms with van der Waals surface area (Å²) in [5.41, 5.74) is 9.97. The molecule has 0 aliphatic carbocycles. The molecule has 0 saturated carbocycles. The number of fused-ring (bicyclic) bond motifs is 1. The molecule has 3 heterocycles. The molecular formula is C15H18BrN5O. The second kappa shape index (κ2) is 5.72. The maximum absolute atomic E-state index is 5.77. The van der Waals surface area contributed by atoms with Gasteiger partial charge in [0.25, 0.3) is 0 Å². The molecule has 2 aromatic heterocycles. The van der Waals surface area contributed by atoms with Gasteiger partial charge in [0.05, 0.1) is 19.3 Å². The molecule has 0 radical (unpaired) electrons. The number of nitrogens with zero attached hydrogens (tertiary/aromatic N) is 4. The maximum atomic E-state index is 5.77. The first kappa shape index (κ1) is 15.0. The third kappa shape index (κ3) is 2.49. The Kier molecular flexibility index (Phi) is 3.90. The van der Waals surface area contributed by atoms with Crippen molar-refractivity contribution in [3.63, 3.8) is 0 Å². The zero-order valence-corrected chi connectivity index (χ0v) is 14.4. The summed E-state index contributed by atoms with van der Waals surface area (Å²) in [6, 6.07) is 0. The van der Waals surface area contributed by atoms with Crippen molar-refractivity contribution < 1.29 is 4.74 Å². The number of pyridine rings is 1. The summed E-state index contributed by atoms with van der Waals surface area (Å²) in [6.07, 6.45) is 2.75. The molecule has 0 amide bonds. The number of aromatic nitrogens is 3. The lowest BCUT2D eigenvalue weighted by Gasteiger charge is -2.20. The van der Waals surface area contributed by atoms with Crippen LogP contribution in [-0.2, 0) is 13.0 Å². The summed E-state index contributed by atoms with van der Waals surface area (Å²) in [7, 11) is 1.69. The van der Waals surface area contributed by atoms with E-state index in [4.69, 9.17) is 10.5 Å². The lowest BCUT2D eigenvalue weighted by atomic mass is 10.1. The van der Waals surface area contributed by atoms with Gasteiger partial charge >= 0.3 is 0 Å². The van der Waals surface area contributed by atoms with Crippen LogP contribution < -0.4 is 15.4 Å². The van der Waals surface area contributed by atoms with Crippen LogP contribution in [0, 0.1) is 13.8 Å². The topological polar surface area (TPSA) is 77.2 Å². The zero-order chi connectivity index (χ0) is 15.9. The summed E-state index contributed by atoms with van der Waals surface area (Å²) >= 11 is 3.46. The van der Waals surface area contributed by atoms with Crippen molar-refractivity contribution in [2.24, 2.45) is 0 Å². The first-order chi connectivity index (χ1) is 10.5. The Morgan fingerprint density at radius 2 is 2.14 bits per heavy atom. The largest absolute Gasteiger partial charge is 0.496 e. The molecule has 2 N–H and O–H groups in total. The molecule has 0 spiro atoms. The molecule has 0 bridgehead atoms. The summed E-state index contributed by atoms with van der Waals surface area (Å²) in [5.74, 6) is 2.07. The van der Waals surface area contributed by atoms with Crippen LogP contribution >= 0.6 is 15.9 Å². The Hall–Kier alpha value is -1.89. The third-order valence-electron chi connectivity index (χ3n) is 3.97. The average molecular weight is 364 g/mol. The van der Waals surface area contributed by atoms with Gasteiger partial charge in [-0.1, -0.05) is 0 Å². The predicted octanol–water partition coefficient (Wildman–Crippen LogP) is 2.40. The highest BCUT2D eigenvalue weighted by Gasteiger charge is 2.25. The highest BCUT2D eigenvalue weighted by molar-refractivity contribution is 9.10. The van der Waals surface area contributed by atoms with Crippen LogP contribution in [0.5, 0.6) is 5.75 Å². The zero-order valence-electron chi connectivity index (χ0n) is 12.9. The SMILES string of the molecule is COc1c(C)cnc(CN2CCc3c(Br)nc(N)nc32)c1C. The van der Waals surface area contributed by atoms with E-state index in [9.17, 15) is 0 Å². The Morgan fingerprint density at radius 3 is 2.86 bits per heavy atom. The number of rotatable bonds is 3. The minimum absolute atomic E-state index is 0.281. The normalized spacial score (nSPS) is 13.4. The van der Waals surface area contributed by atoms with Crippen molar-refractivity contribution in [1.29, 1.82) is 0 Å². The number of halogens is 1. The number of hydrogen-bond acceptors (Lipinski definition) is 6. The molecule has 22 heavy (non-hydrogen) atoms. The monoisotopic (exact) mass is 363 g/mol. The highest BCUT2D eigenvalue weighted by Crippen LogP contribution is 2.33. The van der Waals surface area contributed by atoms with E-state index < -0.39 is 0 Å². The molecule has 1 aliphatic heterocycles. The summed E-state index contributed by atoms with van der Waals surface area (Å²) < 4.78 is 6.26. The smallest absolute Gasteiger partial charge is 0.223 e. The fourth-order valence-corrected chi connectivity index (χ4v) is 3.41. The maximum Gasteiger partial charge on any atom is 0.223 e. The van der Waals surface area contributed by atoms with Gasteiger partial charge in [0.1, 0.15) is 16.2 Å². The van der Waals surface area contributed by atoms with Crippen LogP contribution in [0.25, 0.3) is 0 Å². The van der Waals surface area contributed by atoms with Gasteiger partial charge in [-0.05, 0) is 36.2 Å². The third-order valence-corrected chi connectivity index (χ3v) is 4.63. The van der Waals surface area contributed by atoms with Gasteiger partial charge < -0.3 is 15.4 Å². The van der Waals surface area contributed by atoms with E-state index in [0.717, 1.165) is 51.5 Å². The number of anilines is 2. The van der Waals surface area contributed by atoms with Crippen LogP contribution in [0.3, 0.4) is 0 Å². The van der Waals surface area contributed by atoms with Crippen LogP contribution in [0.4, 0.5) is 11.8 Å². The van der Waals surface area contributed by atoms with Gasteiger partial charge in [-0.3, -0.25) is 4.98 Å².